The maximum absolute atomic E-state index is 11.6. The first-order chi connectivity index (χ1) is 7.77. The van der Waals surface area contributed by atoms with Crippen molar-refractivity contribution >= 4 is 5.91 Å². The second-order valence-corrected chi connectivity index (χ2v) is 4.42. The first-order valence-electron chi connectivity index (χ1n) is 6.49. The van der Waals surface area contributed by atoms with Gasteiger partial charge in [-0.3, -0.25) is 9.69 Å². The number of carbonyl (C=O) groups excluding carboxylic acids is 1. The molecule has 1 amide bonds. The average Bonchev–Trinajstić information content (AvgIpc) is 2.30. The minimum Gasteiger partial charge on any atom is -0.355 e. The van der Waals surface area contributed by atoms with Crippen molar-refractivity contribution in [2.75, 3.05) is 32.7 Å². The number of hydrogen-bond acceptors (Lipinski definition) is 3. The zero-order valence-electron chi connectivity index (χ0n) is 10.6. The number of rotatable bonds is 6. The molecule has 1 rings (SSSR count). The van der Waals surface area contributed by atoms with Crippen molar-refractivity contribution in [2.45, 2.75) is 39.2 Å². The van der Waals surface area contributed by atoms with Gasteiger partial charge in [-0.05, 0) is 39.3 Å². The molecule has 0 aliphatic carbocycles. The highest BCUT2D eigenvalue weighted by Crippen LogP contribution is 2.10. The van der Waals surface area contributed by atoms with Crippen LogP contribution in [0.5, 0.6) is 0 Å². The third-order valence-corrected chi connectivity index (χ3v) is 3.02. The second kappa shape index (κ2) is 7.63. The van der Waals surface area contributed by atoms with E-state index >= 15 is 0 Å². The van der Waals surface area contributed by atoms with Crippen molar-refractivity contribution in [3.8, 4) is 0 Å². The van der Waals surface area contributed by atoms with Crippen LogP contribution in [-0.2, 0) is 4.79 Å². The van der Waals surface area contributed by atoms with E-state index in [1.165, 1.54) is 12.8 Å². The van der Waals surface area contributed by atoms with E-state index in [2.05, 4.69) is 22.5 Å². The topological polar surface area (TPSA) is 44.4 Å². The molecule has 1 aliphatic rings. The van der Waals surface area contributed by atoms with Gasteiger partial charge < -0.3 is 10.6 Å². The molecule has 1 atom stereocenters. The third-order valence-electron chi connectivity index (χ3n) is 3.02. The molecule has 0 spiro atoms. The van der Waals surface area contributed by atoms with Gasteiger partial charge in [0.05, 0.1) is 6.54 Å². The van der Waals surface area contributed by atoms with E-state index < -0.39 is 0 Å². The lowest BCUT2D eigenvalue weighted by Gasteiger charge is -2.34. The van der Waals surface area contributed by atoms with Crippen LogP contribution in [0.4, 0.5) is 0 Å². The number of nitrogens with one attached hydrogen (secondary N) is 2. The third kappa shape index (κ3) is 4.49. The van der Waals surface area contributed by atoms with Gasteiger partial charge in [0.2, 0.25) is 5.91 Å². The highest BCUT2D eigenvalue weighted by molar-refractivity contribution is 5.77. The Balaban J connectivity index is 2.41. The summed E-state index contributed by atoms with van der Waals surface area (Å²) in [6.07, 6.45) is 3.54. The summed E-state index contributed by atoms with van der Waals surface area (Å²) in [5, 5.41) is 6.28. The Kier molecular flexibility index (Phi) is 6.42. The van der Waals surface area contributed by atoms with Crippen LogP contribution in [-0.4, -0.2) is 49.6 Å². The van der Waals surface area contributed by atoms with Gasteiger partial charge in [-0.1, -0.05) is 6.92 Å². The van der Waals surface area contributed by atoms with Crippen molar-refractivity contribution in [2.24, 2.45) is 0 Å². The monoisotopic (exact) mass is 227 g/mol. The lowest BCUT2D eigenvalue weighted by atomic mass is 10.1. The quantitative estimate of drug-likeness (QED) is 0.698. The van der Waals surface area contributed by atoms with Crippen molar-refractivity contribution in [3.63, 3.8) is 0 Å². The largest absolute Gasteiger partial charge is 0.355 e. The molecule has 1 aliphatic heterocycles. The predicted octanol–water partition coefficient (Wildman–Crippen LogP) is 0.587. The molecule has 0 saturated carbocycles. The number of amides is 1. The van der Waals surface area contributed by atoms with Gasteiger partial charge in [0.1, 0.15) is 0 Å². The zero-order valence-corrected chi connectivity index (χ0v) is 10.6. The van der Waals surface area contributed by atoms with Crippen LogP contribution in [0.2, 0.25) is 0 Å². The van der Waals surface area contributed by atoms with E-state index in [1.54, 1.807) is 0 Å². The Bertz CT molecular complexity index is 202. The van der Waals surface area contributed by atoms with Crippen molar-refractivity contribution in [3.05, 3.63) is 0 Å². The zero-order chi connectivity index (χ0) is 11.8. The van der Waals surface area contributed by atoms with Crippen LogP contribution in [0.25, 0.3) is 0 Å². The van der Waals surface area contributed by atoms with Crippen LogP contribution in [0.3, 0.4) is 0 Å². The molecule has 0 aromatic rings. The van der Waals surface area contributed by atoms with Crippen molar-refractivity contribution in [1.82, 2.24) is 15.5 Å². The van der Waals surface area contributed by atoms with E-state index in [0.717, 1.165) is 32.6 Å². The summed E-state index contributed by atoms with van der Waals surface area (Å²) in [5.41, 5.74) is 0. The van der Waals surface area contributed by atoms with Crippen LogP contribution in [0, 0.1) is 0 Å². The maximum atomic E-state index is 11.6. The average molecular weight is 227 g/mol. The molecule has 2 N–H and O–H groups in total. The van der Waals surface area contributed by atoms with Gasteiger partial charge in [0.25, 0.3) is 0 Å². The van der Waals surface area contributed by atoms with E-state index in [0.29, 0.717) is 12.6 Å². The van der Waals surface area contributed by atoms with E-state index in [1.807, 2.05) is 6.92 Å². The molecule has 0 aromatic heterocycles. The molecule has 0 bridgehead atoms. The number of hydrogen-bond donors (Lipinski definition) is 2. The van der Waals surface area contributed by atoms with E-state index in [4.69, 9.17) is 0 Å². The molecular formula is C12H25N3O. The lowest BCUT2D eigenvalue weighted by molar-refractivity contribution is -0.122. The first-order valence-corrected chi connectivity index (χ1v) is 6.49. The number of nitrogens with zero attached hydrogens (tertiary/aromatic N) is 1. The molecule has 4 heteroatoms. The fraction of sp³-hybridized carbons (Fsp3) is 0.917. The molecule has 16 heavy (non-hydrogen) atoms. The van der Waals surface area contributed by atoms with E-state index in [9.17, 15) is 4.79 Å². The maximum Gasteiger partial charge on any atom is 0.234 e. The summed E-state index contributed by atoms with van der Waals surface area (Å²) in [6, 6.07) is 0.538. The minimum absolute atomic E-state index is 0.154. The van der Waals surface area contributed by atoms with Gasteiger partial charge in [-0.25, -0.2) is 0 Å². The predicted molar refractivity (Wildman–Crippen MR) is 66.4 cm³/mol. The Labute approximate surface area is 98.8 Å². The van der Waals surface area contributed by atoms with E-state index in [-0.39, 0.29) is 5.91 Å². The molecule has 1 fully saturated rings. The van der Waals surface area contributed by atoms with Gasteiger partial charge in [-0.15, -0.1) is 0 Å². The normalized spacial score (nSPS) is 21.1. The summed E-state index contributed by atoms with van der Waals surface area (Å²) in [5.74, 6) is 0.154. The molecule has 1 saturated heterocycles. The Morgan fingerprint density at radius 2 is 2.31 bits per heavy atom. The van der Waals surface area contributed by atoms with Gasteiger partial charge in [0, 0.05) is 19.1 Å². The number of piperidine rings is 1. The lowest BCUT2D eigenvalue weighted by Crippen LogP contribution is -2.49. The number of carbonyl (C=O) groups is 1. The fourth-order valence-corrected chi connectivity index (χ4v) is 2.26. The summed E-state index contributed by atoms with van der Waals surface area (Å²) >= 11 is 0. The van der Waals surface area contributed by atoms with Crippen LogP contribution < -0.4 is 10.6 Å². The van der Waals surface area contributed by atoms with Crippen LogP contribution in [0.15, 0.2) is 0 Å². The highest BCUT2D eigenvalue weighted by Gasteiger charge is 2.21. The molecule has 94 valence electrons. The van der Waals surface area contributed by atoms with Gasteiger partial charge in [-0.2, -0.15) is 0 Å². The van der Waals surface area contributed by atoms with Crippen molar-refractivity contribution < 1.29 is 4.79 Å². The van der Waals surface area contributed by atoms with Crippen LogP contribution in [0.1, 0.15) is 33.1 Å². The molecule has 1 heterocycles. The number of likely N-dealkylation sites (N-methyl/N-ethyl adjacent to an activating group) is 1. The Hall–Kier alpha value is -0.610. The Morgan fingerprint density at radius 1 is 1.50 bits per heavy atom. The SMILES string of the molecule is CCCN(CC(=O)NCC)C1CCCNC1. The molecule has 1 unspecified atom stereocenters. The Morgan fingerprint density at radius 3 is 2.88 bits per heavy atom. The fourth-order valence-electron chi connectivity index (χ4n) is 2.26. The molecule has 0 aromatic carbocycles. The minimum atomic E-state index is 0.154. The summed E-state index contributed by atoms with van der Waals surface area (Å²) in [7, 11) is 0. The van der Waals surface area contributed by atoms with Gasteiger partial charge in [0.15, 0.2) is 0 Å². The van der Waals surface area contributed by atoms with Crippen LogP contribution >= 0.6 is 0 Å². The molecular weight excluding hydrogens is 202 g/mol. The van der Waals surface area contributed by atoms with Gasteiger partial charge >= 0.3 is 0 Å². The summed E-state index contributed by atoms with van der Waals surface area (Å²) in [6.45, 7) is 8.57. The first kappa shape index (κ1) is 13.5. The molecule has 0 radical (unpaired) electrons. The van der Waals surface area contributed by atoms with Crippen molar-refractivity contribution in [1.29, 1.82) is 0 Å². The summed E-state index contributed by atoms with van der Waals surface area (Å²) in [4.78, 5) is 13.9. The molecule has 4 nitrogen and oxygen atoms in total. The second-order valence-electron chi connectivity index (χ2n) is 4.42. The standard InChI is InChI=1S/C12H25N3O/c1-3-8-15(10-12(16)14-4-2)11-6-5-7-13-9-11/h11,13H,3-10H2,1-2H3,(H,14,16). The summed E-state index contributed by atoms with van der Waals surface area (Å²) < 4.78 is 0. The smallest absolute Gasteiger partial charge is 0.234 e. The highest BCUT2D eigenvalue weighted by atomic mass is 16.2.